The lowest BCUT2D eigenvalue weighted by molar-refractivity contribution is 0.660. The fraction of sp³-hybridized carbons (Fsp3) is 0.0420. The molecule has 5 aliphatic carbocycles. The van der Waals surface area contributed by atoms with Crippen molar-refractivity contribution in [3.05, 3.63) is 505 Å². The largest absolute Gasteiger partial charge is 0.454 e. The van der Waals surface area contributed by atoms with Crippen molar-refractivity contribution >= 4 is 56.1 Å². The summed E-state index contributed by atoms with van der Waals surface area (Å²) in [7, 11) is 0. The van der Waals surface area contributed by atoms with Crippen LogP contribution in [0.1, 0.15) is 69.5 Å². The molecule has 0 saturated carbocycles. The summed E-state index contributed by atoms with van der Waals surface area (Å²) in [4.78, 5) is 4.85. The summed E-state index contributed by atoms with van der Waals surface area (Å²) in [6.45, 7) is 4.72. The van der Waals surface area contributed by atoms with Gasteiger partial charge in [-0.2, -0.15) is 0 Å². The Morgan fingerprint density at radius 2 is 0.500 bits per heavy atom. The molecule has 3 heteroatoms. The molecular weight excluding hydrogens is 1470 g/mol. The van der Waals surface area contributed by atoms with E-state index in [1.807, 2.05) is 6.07 Å². The number of hydrogen-bond acceptors (Lipinski definition) is 3. The summed E-state index contributed by atoms with van der Waals surface area (Å²) in [5, 5.41) is 2.21. The molecule has 572 valence electrons. The Kier molecular flexibility index (Phi) is 16.2. The quantitative estimate of drug-likeness (QED) is 0.144. The van der Waals surface area contributed by atoms with Crippen LogP contribution in [0, 0.1) is 0 Å². The second kappa shape index (κ2) is 27.9. The Bertz CT molecular complexity index is 7460. The van der Waals surface area contributed by atoms with E-state index in [9.17, 15) is 0 Å². The van der Waals surface area contributed by atoms with Crippen LogP contribution >= 0.6 is 0 Å². The van der Waals surface area contributed by atoms with Crippen LogP contribution in [-0.2, 0) is 16.2 Å². The Hall–Kier alpha value is -15.4. The highest BCUT2D eigenvalue weighted by atomic mass is 16.3. The minimum Gasteiger partial charge on any atom is -0.454 e. The average Bonchev–Trinajstić information content (AvgIpc) is 1.52. The first-order chi connectivity index (χ1) is 60.3. The zero-order valence-corrected chi connectivity index (χ0v) is 67.5. The number of nitrogens with zero attached hydrogens (tertiary/aromatic N) is 2. The minimum atomic E-state index is -0.581. The Morgan fingerprint density at radius 1 is 0.189 bits per heavy atom. The van der Waals surface area contributed by atoms with Gasteiger partial charge in [-0.25, -0.2) is 0 Å². The van der Waals surface area contributed by atoms with Gasteiger partial charge in [0.25, 0.3) is 0 Å². The minimum absolute atomic E-state index is 0.114. The van der Waals surface area contributed by atoms with Crippen LogP contribution < -0.4 is 9.80 Å². The van der Waals surface area contributed by atoms with Crippen molar-refractivity contribution in [2.75, 3.05) is 9.80 Å². The second-order valence-corrected chi connectivity index (χ2v) is 33.5. The fourth-order valence-corrected chi connectivity index (χ4v) is 21.9. The lowest BCUT2D eigenvalue weighted by Crippen LogP contribution is -2.29. The van der Waals surface area contributed by atoms with Crippen LogP contribution in [0.25, 0.3) is 133 Å². The molecule has 0 radical (unpaired) electrons. The van der Waals surface area contributed by atoms with Crippen molar-refractivity contribution in [3.8, 4) is 111 Å². The summed E-state index contributed by atoms with van der Waals surface area (Å²) in [5.41, 5.74) is 45.4. The molecule has 0 N–H and O–H groups in total. The van der Waals surface area contributed by atoms with E-state index in [0.717, 1.165) is 56.1 Å². The van der Waals surface area contributed by atoms with Crippen LogP contribution in [-0.4, -0.2) is 0 Å². The van der Waals surface area contributed by atoms with E-state index in [-0.39, 0.29) is 5.41 Å². The van der Waals surface area contributed by atoms with Crippen LogP contribution in [0.2, 0.25) is 0 Å². The maximum atomic E-state index is 6.80. The molecule has 19 aromatic carbocycles. The van der Waals surface area contributed by atoms with Gasteiger partial charge in [-0.15, -0.1) is 0 Å². The molecule has 0 fully saturated rings. The topological polar surface area (TPSA) is 19.6 Å². The lowest BCUT2D eigenvalue weighted by Gasteiger charge is -2.35. The van der Waals surface area contributed by atoms with Gasteiger partial charge >= 0.3 is 0 Å². The molecule has 0 saturated heterocycles. The summed E-state index contributed by atoms with van der Waals surface area (Å²) < 4.78 is 6.80. The molecule has 5 aliphatic rings. The average molecular weight is 1550 g/mol. The van der Waals surface area contributed by atoms with Gasteiger partial charge in [0.1, 0.15) is 5.58 Å². The molecule has 0 atom stereocenters. The van der Waals surface area contributed by atoms with Crippen molar-refractivity contribution in [1.29, 1.82) is 0 Å². The number of benzene rings is 19. The summed E-state index contributed by atoms with van der Waals surface area (Å²) >= 11 is 0. The first-order valence-corrected chi connectivity index (χ1v) is 42.5. The van der Waals surface area contributed by atoms with E-state index >= 15 is 0 Å². The fourth-order valence-electron chi connectivity index (χ4n) is 21.9. The number of furan rings is 1. The number of rotatable bonds is 9. The second-order valence-electron chi connectivity index (χ2n) is 33.5. The molecule has 1 aromatic heterocycles. The zero-order chi connectivity index (χ0) is 80.8. The van der Waals surface area contributed by atoms with Crippen LogP contribution in [0.4, 0.5) is 34.1 Å². The molecule has 1 heterocycles. The Balaban J connectivity index is 0.000000139. The van der Waals surface area contributed by atoms with Gasteiger partial charge in [-0.3, -0.25) is 0 Å². The van der Waals surface area contributed by atoms with Crippen molar-refractivity contribution in [3.63, 3.8) is 0 Å². The molecule has 0 bridgehead atoms. The van der Waals surface area contributed by atoms with Gasteiger partial charge in [0.15, 0.2) is 5.58 Å². The van der Waals surface area contributed by atoms with Crippen molar-refractivity contribution in [1.82, 2.24) is 0 Å². The SMILES string of the molecule is CC1(C)c2ccccc2-c2ccc(N(c3ccc(-c4ccccc4)cc3)c3ccc(-c4cccc5c4-c4ccccc4C54c5ccccc5-c5ccccc5-c5ccccc54)cc3)cc21.c1ccc(-c2ccc(N(c3cccc4c3-c3ccccc3C43c4ccccc4-c4ccccc4-c4ccccc43)c3cccc4c3oc3ccccc34)cc2)cc1. The monoisotopic (exact) mass is 1550 g/mol. The van der Waals surface area contributed by atoms with Crippen LogP contribution in [0.15, 0.2) is 453 Å². The third-order valence-corrected chi connectivity index (χ3v) is 27.0. The molecule has 3 nitrogen and oxygen atoms in total. The van der Waals surface area contributed by atoms with E-state index in [2.05, 4.69) is 466 Å². The van der Waals surface area contributed by atoms with Crippen molar-refractivity contribution in [2.45, 2.75) is 30.1 Å². The molecule has 0 unspecified atom stereocenters. The zero-order valence-electron chi connectivity index (χ0n) is 67.5. The highest BCUT2D eigenvalue weighted by molar-refractivity contribution is 6.12. The Morgan fingerprint density at radius 3 is 0.992 bits per heavy atom. The standard InChI is InChI=1S/C64H45N.C55H35NO/c1-63(2)56-26-12-8-23-53(56)54-40-39-47(41-61(54)63)65(45-35-31-43(32-36-45)42-17-4-3-5-18-42)46-37-33-44(34-38-46)48-25-16-30-60-62(48)55-24-11-15-29-59(55)64(60)57-27-13-9-21-51(57)49-19-6-7-20-50(49)52-22-10-14-28-58(52)64;1-2-16-36(17-3-1)37-32-34-38(35-33-37)56(51-30-14-24-44-43-22-9-13-31-52(43)57-54(44)51)50-29-15-28-49-53(50)45-23-8-12-27-48(45)55(49)46-25-10-6-20-41(46)39-18-4-5-19-40(39)42-21-7-11-26-47(42)55/h3-41H,1-2H3;1-35H. The van der Waals surface area contributed by atoms with Crippen molar-refractivity contribution in [2.24, 2.45) is 0 Å². The molecule has 122 heavy (non-hydrogen) atoms. The van der Waals surface area contributed by atoms with E-state index in [4.69, 9.17) is 4.42 Å². The molecule has 0 aliphatic heterocycles. The van der Waals surface area contributed by atoms with Gasteiger partial charge in [0.2, 0.25) is 0 Å². The summed E-state index contributed by atoms with van der Waals surface area (Å²) in [5.74, 6) is 0. The van der Waals surface area contributed by atoms with E-state index in [1.165, 1.54) is 167 Å². The van der Waals surface area contributed by atoms with E-state index in [1.54, 1.807) is 0 Å². The molecule has 0 amide bonds. The maximum absolute atomic E-state index is 6.80. The predicted octanol–water partition coefficient (Wildman–Crippen LogP) is 31.5. The first kappa shape index (κ1) is 70.8. The number of para-hydroxylation sites is 2. The van der Waals surface area contributed by atoms with Crippen molar-refractivity contribution < 1.29 is 4.42 Å². The third kappa shape index (κ3) is 10.5. The van der Waals surface area contributed by atoms with Crippen LogP contribution in [0.5, 0.6) is 0 Å². The van der Waals surface area contributed by atoms with E-state index < -0.39 is 10.8 Å². The lowest BCUT2D eigenvalue weighted by atomic mass is 9.66. The normalized spacial score (nSPS) is 13.5. The first-order valence-electron chi connectivity index (χ1n) is 42.5. The third-order valence-electron chi connectivity index (χ3n) is 27.0. The van der Waals surface area contributed by atoms with Gasteiger partial charge in [-0.1, -0.05) is 396 Å². The summed E-state index contributed by atoms with van der Waals surface area (Å²) in [6, 6.07) is 166. The number of fused-ring (bicyclic) bond motifs is 30. The highest BCUT2D eigenvalue weighted by Crippen LogP contribution is 2.66. The van der Waals surface area contributed by atoms with Gasteiger partial charge in [0, 0.05) is 44.5 Å². The number of anilines is 6. The van der Waals surface area contributed by atoms with E-state index in [0.29, 0.717) is 0 Å². The molecular formula is C119H80N2O. The van der Waals surface area contributed by atoms with Gasteiger partial charge in [-0.05, 0) is 228 Å². The Labute approximate surface area is 711 Å². The van der Waals surface area contributed by atoms with Gasteiger partial charge < -0.3 is 14.2 Å². The highest BCUT2D eigenvalue weighted by Gasteiger charge is 2.53. The molecule has 20 aromatic rings. The van der Waals surface area contributed by atoms with Gasteiger partial charge in [0.05, 0.1) is 22.2 Å². The maximum Gasteiger partial charge on any atom is 0.159 e. The molecule has 25 rings (SSSR count). The van der Waals surface area contributed by atoms with Crippen LogP contribution in [0.3, 0.4) is 0 Å². The smallest absolute Gasteiger partial charge is 0.159 e. The summed E-state index contributed by atoms with van der Waals surface area (Å²) in [6.07, 6.45) is 0. The predicted molar refractivity (Wildman–Crippen MR) is 507 cm³/mol. The number of hydrogen-bond donors (Lipinski definition) is 0. The molecule has 2 spiro atoms.